The predicted molar refractivity (Wildman–Crippen MR) is 139 cm³/mol. The fourth-order valence-electron chi connectivity index (χ4n) is 4.45. The molecule has 2 heterocycles. The van der Waals surface area contributed by atoms with Gasteiger partial charge in [-0.1, -0.05) is 23.7 Å². The Balaban J connectivity index is 1.57. The summed E-state index contributed by atoms with van der Waals surface area (Å²) in [6.07, 6.45) is 3.22. The van der Waals surface area contributed by atoms with Gasteiger partial charge in [-0.25, -0.2) is 13.6 Å². The summed E-state index contributed by atoms with van der Waals surface area (Å²) in [7, 11) is 1.63. The van der Waals surface area contributed by atoms with Crippen LogP contribution in [0.2, 0.25) is 5.02 Å². The Kier molecular flexibility index (Phi) is 6.14. The normalized spacial score (nSPS) is 13.7. The van der Waals surface area contributed by atoms with Gasteiger partial charge in [0.15, 0.2) is 0 Å². The first-order valence-corrected chi connectivity index (χ1v) is 11.7. The van der Waals surface area contributed by atoms with Crippen LogP contribution in [-0.2, 0) is 7.05 Å². The molecule has 1 aromatic heterocycles. The molecule has 9 heteroatoms. The van der Waals surface area contributed by atoms with Gasteiger partial charge >= 0.3 is 5.69 Å². The largest absolute Gasteiger partial charge is 0.507 e. The van der Waals surface area contributed by atoms with Gasteiger partial charge in [0.25, 0.3) is 0 Å². The van der Waals surface area contributed by atoms with Crippen molar-refractivity contribution in [1.29, 1.82) is 0 Å². The Bertz CT molecular complexity index is 1570. The highest BCUT2D eigenvalue weighted by Crippen LogP contribution is 2.41. The highest BCUT2D eigenvalue weighted by Gasteiger charge is 2.20. The lowest BCUT2D eigenvalue weighted by Crippen LogP contribution is -2.35. The van der Waals surface area contributed by atoms with E-state index in [1.54, 1.807) is 43.7 Å². The zero-order chi connectivity index (χ0) is 25.6. The van der Waals surface area contributed by atoms with Gasteiger partial charge in [0.1, 0.15) is 17.4 Å². The van der Waals surface area contributed by atoms with E-state index in [-0.39, 0.29) is 27.6 Å². The SMILES string of the molecule is CC1=NCCN(c2cc(-c3cc(F)cc(-c4ccc(-n5ccn(C)c5=O)c(Cl)c4)c3O)ccc2F)C1. The van der Waals surface area contributed by atoms with E-state index in [4.69, 9.17) is 11.6 Å². The summed E-state index contributed by atoms with van der Waals surface area (Å²) < 4.78 is 32.3. The Morgan fingerprint density at radius 2 is 1.67 bits per heavy atom. The molecule has 0 aliphatic carbocycles. The van der Waals surface area contributed by atoms with Gasteiger partial charge < -0.3 is 14.6 Å². The van der Waals surface area contributed by atoms with E-state index in [1.165, 1.54) is 33.4 Å². The van der Waals surface area contributed by atoms with Crippen molar-refractivity contribution < 1.29 is 13.9 Å². The third-order valence-corrected chi connectivity index (χ3v) is 6.61. The Morgan fingerprint density at radius 1 is 0.972 bits per heavy atom. The third-order valence-electron chi connectivity index (χ3n) is 6.31. The quantitative estimate of drug-likeness (QED) is 0.400. The van der Waals surface area contributed by atoms with Crippen molar-refractivity contribution in [3.8, 4) is 33.7 Å². The van der Waals surface area contributed by atoms with Gasteiger partial charge in [0, 0.05) is 42.8 Å². The van der Waals surface area contributed by atoms with Crippen molar-refractivity contribution in [1.82, 2.24) is 9.13 Å². The van der Waals surface area contributed by atoms with Crippen LogP contribution in [0.3, 0.4) is 0 Å². The van der Waals surface area contributed by atoms with E-state index in [0.29, 0.717) is 42.1 Å². The van der Waals surface area contributed by atoms with Crippen LogP contribution in [0.15, 0.2) is 70.7 Å². The van der Waals surface area contributed by atoms with Crippen LogP contribution in [0.25, 0.3) is 27.9 Å². The van der Waals surface area contributed by atoms with Crippen molar-refractivity contribution >= 4 is 23.0 Å². The fourth-order valence-corrected chi connectivity index (χ4v) is 4.72. The number of phenolic OH excluding ortho intramolecular Hbond substituents is 1. The molecular weight excluding hydrogens is 486 g/mol. The number of aromatic hydroxyl groups is 1. The number of anilines is 1. The molecule has 0 fully saturated rings. The zero-order valence-electron chi connectivity index (χ0n) is 19.7. The number of imidazole rings is 1. The molecule has 0 spiro atoms. The number of rotatable bonds is 4. The number of halogens is 3. The molecule has 36 heavy (non-hydrogen) atoms. The monoisotopic (exact) mass is 508 g/mol. The smallest absolute Gasteiger partial charge is 0.332 e. The van der Waals surface area contributed by atoms with E-state index in [9.17, 15) is 18.7 Å². The van der Waals surface area contributed by atoms with Crippen molar-refractivity contribution in [2.45, 2.75) is 6.92 Å². The molecule has 0 saturated heterocycles. The summed E-state index contributed by atoms with van der Waals surface area (Å²) in [6.45, 7) is 3.52. The highest BCUT2D eigenvalue weighted by atomic mass is 35.5. The van der Waals surface area contributed by atoms with Crippen molar-refractivity contribution in [3.05, 3.63) is 88.1 Å². The molecule has 0 amide bonds. The summed E-state index contributed by atoms with van der Waals surface area (Å²) >= 11 is 6.48. The van der Waals surface area contributed by atoms with E-state index in [0.717, 1.165) is 5.71 Å². The lowest BCUT2D eigenvalue weighted by atomic mass is 9.96. The number of aryl methyl sites for hydroxylation is 1. The Labute approximate surface area is 211 Å². The second-order valence-corrected chi connectivity index (χ2v) is 9.19. The van der Waals surface area contributed by atoms with Crippen molar-refractivity contribution in [3.63, 3.8) is 0 Å². The van der Waals surface area contributed by atoms with Crippen LogP contribution >= 0.6 is 11.6 Å². The molecule has 0 radical (unpaired) electrons. The van der Waals surface area contributed by atoms with E-state index < -0.39 is 11.6 Å². The zero-order valence-corrected chi connectivity index (χ0v) is 20.4. The van der Waals surface area contributed by atoms with Gasteiger partial charge in [-0.15, -0.1) is 0 Å². The van der Waals surface area contributed by atoms with Gasteiger partial charge in [0.2, 0.25) is 0 Å². The van der Waals surface area contributed by atoms with Crippen LogP contribution in [0.1, 0.15) is 6.92 Å². The van der Waals surface area contributed by atoms with E-state index in [2.05, 4.69) is 4.99 Å². The molecule has 0 saturated carbocycles. The van der Waals surface area contributed by atoms with Crippen LogP contribution in [-0.4, -0.2) is 39.6 Å². The summed E-state index contributed by atoms with van der Waals surface area (Å²) in [5.41, 5.74) is 2.87. The molecule has 184 valence electrons. The summed E-state index contributed by atoms with van der Waals surface area (Å²) in [5.74, 6) is -1.13. The standard InChI is InChI=1S/C27H23ClF2N4O2/c1-16-15-33(8-7-31-16)25-12-18(3-5-23(25)30)21-14-19(29)13-20(26(21)35)17-4-6-24(22(28)11-17)34-10-9-32(2)27(34)36/h3-6,9-14,35H,7-8,15H2,1-2H3. The fraction of sp³-hybridized carbons (Fsp3) is 0.185. The van der Waals surface area contributed by atoms with Crippen molar-refractivity contribution in [2.24, 2.45) is 12.0 Å². The summed E-state index contributed by atoms with van der Waals surface area (Å²) in [6, 6.07) is 11.7. The molecule has 0 bridgehead atoms. The van der Waals surface area contributed by atoms with Gasteiger partial charge in [0.05, 0.1) is 29.5 Å². The molecule has 3 aromatic carbocycles. The molecular formula is C27H23ClF2N4O2. The lowest BCUT2D eigenvalue weighted by molar-refractivity contribution is 0.477. The maximum absolute atomic E-state index is 14.8. The topological polar surface area (TPSA) is 62.8 Å². The van der Waals surface area contributed by atoms with E-state index >= 15 is 0 Å². The average Bonchev–Trinajstić information content (AvgIpc) is 3.18. The first-order chi connectivity index (χ1) is 17.2. The maximum atomic E-state index is 14.8. The Hall–Kier alpha value is -3.91. The number of aromatic nitrogens is 2. The molecule has 4 aromatic rings. The molecule has 0 unspecified atom stereocenters. The van der Waals surface area contributed by atoms with Crippen LogP contribution in [0.4, 0.5) is 14.5 Å². The van der Waals surface area contributed by atoms with E-state index in [1.807, 2.05) is 11.8 Å². The van der Waals surface area contributed by atoms with Gasteiger partial charge in [-0.3, -0.25) is 9.56 Å². The number of hydrogen-bond acceptors (Lipinski definition) is 4. The Morgan fingerprint density at radius 3 is 2.31 bits per heavy atom. The van der Waals surface area contributed by atoms with Gasteiger partial charge in [-0.2, -0.15) is 0 Å². The molecule has 1 N–H and O–H groups in total. The first kappa shape index (κ1) is 23.8. The average molecular weight is 509 g/mol. The second kappa shape index (κ2) is 9.28. The molecule has 1 aliphatic heterocycles. The minimum absolute atomic E-state index is 0.161. The van der Waals surface area contributed by atoms with Crippen molar-refractivity contribution in [2.75, 3.05) is 24.5 Å². The van der Waals surface area contributed by atoms with Crippen LogP contribution in [0, 0.1) is 11.6 Å². The molecule has 5 rings (SSSR count). The number of aliphatic imine (C=N–C) groups is 1. The summed E-state index contributed by atoms with van der Waals surface area (Å²) in [4.78, 5) is 18.5. The molecule has 0 atom stereocenters. The maximum Gasteiger partial charge on any atom is 0.332 e. The first-order valence-electron chi connectivity index (χ1n) is 11.3. The highest BCUT2D eigenvalue weighted by molar-refractivity contribution is 6.32. The minimum Gasteiger partial charge on any atom is -0.507 e. The van der Waals surface area contributed by atoms with Crippen LogP contribution < -0.4 is 10.6 Å². The number of hydrogen-bond donors (Lipinski definition) is 1. The third kappa shape index (κ3) is 4.28. The number of benzene rings is 3. The lowest BCUT2D eigenvalue weighted by Gasteiger charge is -2.28. The van der Waals surface area contributed by atoms with Crippen LogP contribution in [0.5, 0.6) is 5.75 Å². The second-order valence-electron chi connectivity index (χ2n) is 8.78. The number of phenols is 1. The summed E-state index contributed by atoms with van der Waals surface area (Å²) in [5, 5.41) is 11.4. The number of nitrogens with zero attached hydrogens (tertiary/aromatic N) is 4. The molecule has 1 aliphatic rings. The predicted octanol–water partition coefficient (Wildman–Crippen LogP) is 5.43. The molecule has 6 nitrogen and oxygen atoms in total. The van der Waals surface area contributed by atoms with Gasteiger partial charge in [-0.05, 0) is 54.4 Å². The minimum atomic E-state index is -0.566.